The molecule has 0 saturated carbocycles. The average Bonchev–Trinajstić information content (AvgIpc) is 2.60. The molecule has 0 aliphatic rings. The highest BCUT2D eigenvalue weighted by Gasteiger charge is 2.30. The van der Waals surface area contributed by atoms with Crippen molar-refractivity contribution in [1.29, 1.82) is 0 Å². The monoisotopic (exact) mass is 354 g/mol. The van der Waals surface area contributed by atoms with Crippen molar-refractivity contribution in [2.24, 2.45) is 0 Å². The van der Waals surface area contributed by atoms with E-state index in [4.69, 9.17) is 9.47 Å². The number of methoxy groups -OCH3 is 2. The van der Waals surface area contributed by atoms with E-state index in [2.05, 4.69) is 10.6 Å². The molecule has 0 aliphatic heterocycles. The van der Waals surface area contributed by atoms with E-state index in [1.165, 1.54) is 26.4 Å². The second-order valence-electron chi connectivity index (χ2n) is 5.05. The van der Waals surface area contributed by atoms with Gasteiger partial charge in [0.1, 0.15) is 11.5 Å². The Morgan fingerprint density at radius 2 is 1.84 bits per heavy atom. The molecule has 0 unspecified atom stereocenters. The molecule has 0 fully saturated rings. The number of alkyl halides is 3. The van der Waals surface area contributed by atoms with Crippen LogP contribution in [0.2, 0.25) is 0 Å². The zero-order valence-electron chi connectivity index (χ0n) is 13.6. The molecule has 0 aromatic heterocycles. The van der Waals surface area contributed by atoms with Gasteiger partial charge >= 0.3 is 6.18 Å². The van der Waals surface area contributed by atoms with Crippen LogP contribution in [0.4, 0.5) is 24.5 Å². The molecule has 0 bridgehead atoms. The summed E-state index contributed by atoms with van der Waals surface area (Å²) in [4.78, 5) is 12.0. The van der Waals surface area contributed by atoms with Gasteiger partial charge in [-0.15, -0.1) is 0 Å². The first-order valence-corrected chi connectivity index (χ1v) is 7.26. The molecule has 0 radical (unpaired) electrons. The van der Waals surface area contributed by atoms with Crippen molar-refractivity contribution >= 4 is 17.3 Å². The number of hydrogen-bond donors (Lipinski definition) is 2. The van der Waals surface area contributed by atoms with Crippen molar-refractivity contribution in [1.82, 2.24) is 0 Å². The second kappa shape index (κ2) is 7.78. The van der Waals surface area contributed by atoms with Crippen molar-refractivity contribution in [3.63, 3.8) is 0 Å². The average molecular weight is 354 g/mol. The van der Waals surface area contributed by atoms with Crippen LogP contribution in [-0.2, 0) is 11.0 Å². The van der Waals surface area contributed by atoms with Gasteiger partial charge in [0.15, 0.2) is 0 Å². The highest BCUT2D eigenvalue weighted by Crippen LogP contribution is 2.31. The number of carbonyl (C=O) groups is 1. The van der Waals surface area contributed by atoms with Crippen LogP contribution in [0.1, 0.15) is 5.56 Å². The van der Waals surface area contributed by atoms with E-state index in [0.29, 0.717) is 17.2 Å². The van der Waals surface area contributed by atoms with Crippen LogP contribution >= 0.6 is 0 Å². The van der Waals surface area contributed by atoms with Gasteiger partial charge in [-0.25, -0.2) is 0 Å². The number of rotatable bonds is 6. The zero-order valence-corrected chi connectivity index (χ0v) is 13.6. The number of hydrogen-bond acceptors (Lipinski definition) is 4. The number of ether oxygens (including phenoxy) is 2. The van der Waals surface area contributed by atoms with Crippen LogP contribution in [0.25, 0.3) is 0 Å². The van der Waals surface area contributed by atoms with E-state index in [-0.39, 0.29) is 12.2 Å². The maximum Gasteiger partial charge on any atom is 0.416 e. The SMILES string of the molecule is COc1ccc(NC(=O)CNc2cccc(C(F)(F)F)c2)c(OC)c1. The first kappa shape index (κ1) is 18.4. The molecular weight excluding hydrogens is 337 g/mol. The molecule has 0 spiro atoms. The Balaban J connectivity index is 2.00. The fourth-order valence-corrected chi connectivity index (χ4v) is 2.08. The van der Waals surface area contributed by atoms with Gasteiger partial charge < -0.3 is 20.1 Å². The van der Waals surface area contributed by atoms with Crippen LogP contribution in [0.3, 0.4) is 0 Å². The molecule has 134 valence electrons. The molecule has 5 nitrogen and oxygen atoms in total. The molecule has 2 aromatic carbocycles. The third-order valence-corrected chi connectivity index (χ3v) is 3.33. The fraction of sp³-hybridized carbons (Fsp3) is 0.235. The highest BCUT2D eigenvalue weighted by atomic mass is 19.4. The molecule has 2 N–H and O–H groups in total. The molecule has 1 amide bonds. The Hall–Kier alpha value is -2.90. The third-order valence-electron chi connectivity index (χ3n) is 3.33. The molecule has 0 saturated heterocycles. The van der Waals surface area contributed by atoms with Crippen molar-refractivity contribution in [3.8, 4) is 11.5 Å². The minimum absolute atomic E-state index is 0.198. The van der Waals surface area contributed by atoms with E-state index in [9.17, 15) is 18.0 Å². The van der Waals surface area contributed by atoms with Crippen LogP contribution in [-0.4, -0.2) is 26.7 Å². The molecular formula is C17H17F3N2O3. The predicted molar refractivity (Wildman–Crippen MR) is 88.1 cm³/mol. The van der Waals surface area contributed by atoms with E-state index < -0.39 is 17.6 Å². The van der Waals surface area contributed by atoms with Crippen LogP contribution in [0.5, 0.6) is 11.5 Å². The molecule has 2 rings (SSSR count). The number of carbonyl (C=O) groups excluding carboxylic acids is 1. The summed E-state index contributed by atoms with van der Waals surface area (Å²) in [6.45, 7) is -0.198. The Kier molecular flexibility index (Phi) is 5.74. The van der Waals surface area contributed by atoms with Gasteiger partial charge in [-0.2, -0.15) is 13.2 Å². The largest absolute Gasteiger partial charge is 0.497 e. The quantitative estimate of drug-likeness (QED) is 0.829. The van der Waals surface area contributed by atoms with Gasteiger partial charge in [-0.05, 0) is 30.3 Å². The smallest absolute Gasteiger partial charge is 0.416 e. The molecule has 0 aliphatic carbocycles. The number of halogens is 3. The highest BCUT2D eigenvalue weighted by molar-refractivity contribution is 5.95. The maximum atomic E-state index is 12.7. The first-order valence-electron chi connectivity index (χ1n) is 7.26. The molecule has 2 aromatic rings. The minimum Gasteiger partial charge on any atom is -0.497 e. The van der Waals surface area contributed by atoms with Crippen LogP contribution in [0, 0.1) is 0 Å². The zero-order chi connectivity index (χ0) is 18.4. The van der Waals surface area contributed by atoms with Gasteiger partial charge in [0.05, 0.1) is 32.0 Å². The van der Waals surface area contributed by atoms with Crippen molar-refractivity contribution in [3.05, 3.63) is 48.0 Å². The summed E-state index contributed by atoms with van der Waals surface area (Å²) in [7, 11) is 2.96. The summed E-state index contributed by atoms with van der Waals surface area (Å²) in [6, 6.07) is 9.51. The topological polar surface area (TPSA) is 59.6 Å². The fourth-order valence-electron chi connectivity index (χ4n) is 2.08. The normalized spacial score (nSPS) is 10.9. The first-order chi connectivity index (χ1) is 11.8. The lowest BCUT2D eigenvalue weighted by Crippen LogP contribution is -2.22. The predicted octanol–water partition coefficient (Wildman–Crippen LogP) is 3.77. The Morgan fingerprint density at radius 3 is 2.48 bits per heavy atom. The van der Waals surface area contributed by atoms with Crippen molar-refractivity contribution < 1.29 is 27.4 Å². The standard InChI is InChI=1S/C17H17F3N2O3/c1-24-13-6-7-14(15(9-13)25-2)22-16(23)10-21-12-5-3-4-11(8-12)17(18,19)20/h3-9,21H,10H2,1-2H3,(H,22,23). The molecule has 0 atom stereocenters. The lowest BCUT2D eigenvalue weighted by Gasteiger charge is -2.13. The van der Waals surface area contributed by atoms with E-state index in [1.54, 1.807) is 18.2 Å². The third kappa shape index (κ3) is 5.03. The van der Waals surface area contributed by atoms with E-state index >= 15 is 0 Å². The summed E-state index contributed by atoms with van der Waals surface area (Å²) in [6.07, 6.45) is -4.43. The summed E-state index contributed by atoms with van der Waals surface area (Å²) in [5.41, 5.74) is -0.152. The summed E-state index contributed by atoms with van der Waals surface area (Å²) in [5.74, 6) is 0.546. The number of anilines is 2. The Labute approximate surface area is 142 Å². The van der Waals surface area contributed by atoms with Crippen LogP contribution in [0.15, 0.2) is 42.5 Å². The van der Waals surface area contributed by atoms with Gasteiger partial charge in [0, 0.05) is 11.8 Å². The maximum absolute atomic E-state index is 12.7. The number of amides is 1. The summed E-state index contributed by atoms with van der Waals surface area (Å²) in [5, 5.41) is 5.28. The number of benzene rings is 2. The minimum atomic E-state index is -4.43. The number of nitrogens with one attached hydrogen (secondary N) is 2. The van der Waals surface area contributed by atoms with Gasteiger partial charge in [0.25, 0.3) is 0 Å². The van der Waals surface area contributed by atoms with E-state index in [0.717, 1.165) is 12.1 Å². The lowest BCUT2D eigenvalue weighted by molar-refractivity contribution is -0.137. The van der Waals surface area contributed by atoms with Gasteiger partial charge in [-0.3, -0.25) is 4.79 Å². The van der Waals surface area contributed by atoms with Gasteiger partial charge in [-0.1, -0.05) is 6.07 Å². The Bertz CT molecular complexity index is 748. The molecule has 8 heteroatoms. The summed E-state index contributed by atoms with van der Waals surface area (Å²) >= 11 is 0. The van der Waals surface area contributed by atoms with Crippen LogP contribution < -0.4 is 20.1 Å². The van der Waals surface area contributed by atoms with Crippen molar-refractivity contribution in [2.45, 2.75) is 6.18 Å². The lowest BCUT2D eigenvalue weighted by atomic mass is 10.2. The summed E-state index contributed by atoms with van der Waals surface area (Å²) < 4.78 is 48.2. The van der Waals surface area contributed by atoms with Gasteiger partial charge in [0.2, 0.25) is 5.91 Å². The second-order valence-corrected chi connectivity index (χ2v) is 5.05. The van der Waals surface area contributed by atoms with E-state index in [1.807, 2.05) is 0 Å². The molecule has 0 heterocycles. The Morgan fingerprint density at radius 1 is 1.08 bits per heavy atom. The molecule has 25 heavy (non-hydrogen) atoms. The van der Waals surface area contributed by atoms with Crippen molar-refractivity contribution in [2.75, 3.05) is 31.4 Å².